The van der Waals surface area contributed by atoms with Crippen LogP contribution in [-0.2, 0) is 4.79 Å². The normalized spacial score (nSPS) is 22.1. The lowest BCUT2D eigenvalue weighted by Crippen LogP contribution is -2.45. The Bertz CT molecular complexity index is 258. The first-order chi connectivity index (χ1) is 8.78. The maximum atomic E-state index is 11.7. The molecule has 1 saturated heterocycles. The van der Waals surface area contributed by atoms with Crippen LogP contribution in [0.4, 0.5) is 0 Å². The van der Waals surface area contributed by atoms with Gasteiger partial charge in [-0.05, 0) is 51.6 Å². The van der Waals surface area contributed by atoms with E-state index in [0.717, 1.165) is 44.8 Å². The predicted molar refractivity (Wildman–Crippen MR) is 73.5 cm³/mol. The van der Waals surface area contributed by atoms with Crippen molar-refractivity contribution < 1.29 is 4.79 Å². The molecule has 0 atom stereocenters. The molecule has 1 aliphatic carbocycles. The third-order valence-corrected chi connectivity index (χ3v) is 4.00. The Kier molecular flexibility index (Phi) is 5.45. The van der Waals surface area contributed by atoms with Crippen molar-refractivity contribution in [2.75, 3.05) is 33.2 Å². The van der Waals surface area contributed by atoms with Crippen molar-refractivity contribution in [2.45, 2.75) is 44.6 Å². The summed E-state index contributed by atoms with van der Waals surface area (Å²) in [5.41, 5.74) is 0. The van der Waals surface area contributed by atoms with E-state index < -0.39 is 0 Å². The van der Waals surface area contributed by atoms with Crippen molar-refractivity contribution >= 4 is 5.91 Å². The van der Waals surface area contributed by atoms with Gasteiger partial charge in [0.15, 0.2) is 0 Å². The van der Waals surface area contributed by atoms with Gasteiger partial charge in [0.1, 0.15) is 0 Å². The Morgan fingerprint density at radius 2 is 1.94 bits per heavy atom. The lowest BCUT2D eigenvalue weighted by molar-refractivity contribution is -0.122. The van der Waals surface area contributed by atoms with Crippen molar-refractivity contribution in [2.24, 2.45) is 5.92 Å². The van der Waals surface area contributed by atoms with Crippen molar-refractivity contribution in [3.05, 3.63) is 0 Å². The smallest absolute Gasteiger partial charge is 0.220 e. The van der Waals surface area contributed by atoms with E-state index in [1.54, 1.807) is 0 Å². The summed E-state index contributed by atoms with van der Waals surface area (Å²) in [6.45, 7) is 4.55. The highest BCUT2D eigenvalue weighted by Gasteiger charge is 2.27. The summed E-state index contributed by atoms with van der Waals surface area (Å²) >= 11 is 0. The first-order valence-corrected chi connectivity index (χ1v) is 7.44. The molecular formula is C14H27N3O. The molecule has 2 fully saturated rings. The van der Waals surface area contributed by atoms with Crippen LogP contribution in [0.1, 0.15) is 38.5 Å². The third-order valence-electron chi connectivity index (χ3n) is 4.00. The van der Waals surface area contributed by atoms with Gasteiger partial charge in [0.05, 0.1) is 0 Å². The van der Waals surface area contributed by atoms with Gasteiger partial charge in [-0.1, -0.05) is 0 Å². The van der Waals surface area contributed by atoms with Gasteiger partial charge < -0.3 is 15.5 Å². The number of likely N-dealkylation sites (tertiary alicyclic amines) is 1. The molecule has 18 heavy (non-hydrogen) atoms. The van der Waals surface area contributed by atoms with E-state index >= 15 is 0 Å². The van der Waals surface area contributed by atoms with Gasteiger partial charge in [-0.2, -0.15) is 0 Å². The number of piperidine rings is 1. The molecule has 1 aliphatic heterocycles. The minimum atomic E-state index is 0.228. The van der Waals surface area contributed by atoms with Gasteiger partial charge in [0.2, 0.25) is 5.91 Å². The highest BCUT2D eigenvalue weighted by molar-refractivity contribution is 5.76. The summed E-state index contributed by atoms with van der Waals surface area (Å²) in [6, 6.07) is 0.419. The standard InChI is InChI=1S/C14H27N3O/c1-15-8-2-3-14(18)16-13-6-9-17(10-7-13)11-12-4-5-12/h12-13,15H,2-11H2,1H3,(H,16,18). The highest BCUT2D eigenvalue weighted by Crippen LogP contribution is 2.30. The van der Waals surface area contributed by atoms with Gasteiger partial charge in [-0.15, -0.1) is 0 Å². The molecule has 4 nitrogen and oxygen atoms in total. The molecule has 0 aromatic rings. The third kappa shape index (κ3) is 4.94. The monoisotopic (exact) mass is 253 g/mol. The molecule has 0 aromatic heterocycles. The zero-order valence-electron chi connectivity index (χ0n) is 11.6. The molecule has 0 spiro atoms. The molecule has 2 aliphatic rings. The predicted octanol–water partition coefficient (Wildman–Crippen LogP) is 0.977. The molecule has 1 saturated carbocycles. The van der Waals surface area contributed by atoms with Crippen molar-refractivity contribution in [1.82, 2.24) is 15.5 Å². The second-order valence-electron chi connectivity index (χ2n) is 5.79. The van der Waals surface area contributed by atoms with Gasteiger partial charge in [0.25, 0.3) is 0 Å². The molecule has 2 N–H and O–H groups in total. The second kappa shape index (κ2) is 7.10. The molecular weight excluding hydrogens is 226 g/mol. The van der Waals surface area contributed by atoms with Crippen LogP contribution in [0.15, 0.2) is 0 Å². The van der Waals surface area contributed by atoms with Crippen LogP contribution >= 0.6 is 0 Å². The summed E-state index contributed by atoms with van der Waals surface area (Å²) in [6.07, 6.45) is 6.71. The summed E-state index contributed by atoms with van der Waals surface area (Å²) in [5, 5.41) is 6.24. The van der Waals surface area contributed by atoms with Crippen LogP contribution in [0.2, 0.25) is 0 Å². The summed E-state index contributed by atoms with van der Waals surface area (Å²) < 4.78 is 0. The molecule has 2 rings (SSSR count). The first-order valence-electron chi connectivity index (χ1n) is 7.44. The number of hydrogen-bond acceptors (Lipinski definition) is 3. The number of nitrogens with zero attached hydrogens (tertiary/aromatic N) is 1. The lowest BCUT2D eigenvalue weighted by Gasteiger charge is -2.32. The Hall–Kier alpha value is -0.610. The molecule has 1 amide bonds. The van der Waals surface area contributed by atoms with Crippen LogP contribution in [-0.4, -0.2) is 50.1 Å². The molecule has 1 heterocycles. The molecule has 0 bridgehead atoms. The first kappa shape index (κ1) is 13.8. The van der Waals surface area contributed by atoms with Crippen LogP contribution in [0.3, 0.4) is 0 Å². The maximum absolute atomic E-state index is 11.7. The topological polar surface area (TPSA) is 44.4 Å². The van der Waals surface area contributed by atoms with Crippen LogP contribution < -0.4 is 10.6 Å². The van der Waals surface area contributed by atoms with Crippen LogP contribution in [0, 0.1) is 5.92 Å². The van der Waals surface area contributed by atoms with E-state index in [1.165, 1.54) is 19.4 Å². The SMILES string of the molecule is CNCCCC(=O)NC1CCN(CC2CC2)CC1. The molecule has 0 unspecified atom stereocenters. The zero-order chi connectivity index (χ0) is 12.8. The number of rotatable bonds is 7. The van der Waals surface area contributed by atoms with E-state index in [4.69, 9.17) is 0 Å². The van der Waals surface area contributed by atoms with Gasteiger partial charge in [0, 0.05) is 32.1 Å². The molecule has 0 aromatic carbocycles. The van der Waals surface area contributed by atoms with Crippen LogP contribution in [0.25, 0.3) is 0 Å². The number of carbonyl (C=O) groups is 1. The Labute approximate surface area is 110 Å². The number of hydrogen-bond donors (Lipinski definition) is 2. The van der Waals surface area contributed by atoms with E-state index in [9.17, 15) is 4.79 Å². The maximum Gasteiger partial charge on any atom is 0.220 e. The average molecular weight is 253 g/mol. The molecule has 4 heteroatoms. The fraction of sp³-hybridized carbons (Fsp3) is 0.929. The lowest BCUT2D eigenvalue weighted by atomic mass is 10.0. The fourth-order valence-corrected chi connectivity index (χ4v) is 2.65. The molecule has 0 radical (unpaired) electrons. The van der Waals surface area contributed by atoms with Gasteiger partial charge in [-0.25, -0.2) is 0 Å². The number of amides is 1. The van der Waals surface area contributed by atoms with Crippen LogP contribution in [0.5, 0.6) is 0 Å². The van der Waals surface area contributed by atoms with Gasteiger partial charge in [-0.3, -0.25) is 4.79 Å². The van der Waals surface area contributed by atoms with E-state index in [2.05, 4.69) is 15.5 Å². The summed E-state index contributed by atoms with van der Waals surface area (Å²) in [7, 11) is 1.92. The average Bonchev–Trinajstić information content (AvgIpc) is 3.16. The number of carbonyl (C=O) groups excluding carboxylic acids is 1. The highest BCUT2D eigenvalue weighted by atomic mass is 16.1. The van der Waals surface area contributed by atoms with E-state index in [0.29, 0.717) is 12.5 Å². The minimum absolute atomic E-state index is 0.228. The summed E-state index contributed by atoms with van der Waals surface area (Å²) in [4.78, 5) is 14.3. The van der Waals surface area contributed by atoms with Crippen molar-refractivity contribution in [3.63, 3.8) is 0 Å². The number of nitrogens with one attached hydrogen (secondary N) is 2. The summed E-state index contributed by atoms with van der Waals surface area (Å²) in [5.74, 6) is 1.21. The Morgan fingerprint density at radius 1 is 1.22 bits per heavy atom. The fourth-order valence-electron chi connectivity index (χ4n) is 2.65. The van der Waals surface area contributed by atoms with E-state index in [-0.39, 0.29) is 5.91 Å². The Morgan fingerprint density at radius 3 is 2.56 bits per heavy atom. The molecule has 104 valence electrons. The Balaban J connectivity index is 1.56. The van der Waals surface area contributed by atoms with Crippen molar-refractivity contribution in [1.29, 1.82) is 0 Å². The largest absolute Gasteiger partial charge is 0.353 e. The minimum Gasteiger partial charge on any atom is -0.353 e. The van der Waals surface area contributed by atoms with E-state index in [1.807, 2.05) is 7.05 Å². The van der Waals surface area contributed by atoms with Crippen molar-refractivity contribution in [3.8, 4) is 0 Å². The quantitative estimate of drug-likeness (QED) is 0.665. The van der Waals surface area contributed by atoms with Gasteiger partial charge >= 0.3 is 0 Å². The second-order valence-corrected chi connectivity index (χ2v) is 5.79. The zero-order valence-corrected chi connectivity index (χ0v) is 11.6.